The number of nitrogens with zero attached hydrogens (tertiary/aromatic N) is 3. The number of carbonyl (C=O) groups is 1. The summed E-state index contributed by atoms with van der Waals surface area (Å²) in [6.45, 7) is 5.27. The third-order valence-electron chi connectivity index (χ3n) is 5.78. The van der Waals surface area contributed by atoms with Crippen molar-refractivity contribution in [1.82, 2.24) is 14.1 Å². The van der Waals surface area contributed by atoms with E-state index >= 15 is 0 Å². The maximum atomic E-state index is 13.1. The van der Waals surface area contributed by atoms with Gasteiger partial charge in [0.25, 0.3) is 0 Å². The number of hydrogen-bond donors (Lipinski definition) is 0. The zero-order valence-electron chi connectivity index (χ0n) is 16.5. The second-order valence-corrected chi connectivity index (χ2v) is 9.57. The molecule has 2 aliphatic rings. The summed E-state index contributed by atoms with van der Waals surface area (Å²) in [5.41, 5.74) is 0. The second kappa shape index (κ2) is 9.33. The minimum atomic E-state index is -3.64. The molecule has 2 heterocycles. The van der Waals surface area contributed by atoms with Crippen LogP contribution in [0, 0.1) is 5.82 Å². The maximum absolute atomic E-state index is 13.1. The van der Waals surface area contributed by atoms with Crippen molar-refractivity contribution in [3.63, 3.8) is 0 Å². The van der Waals surface area contributed by atoms with Gasteiger partial charge in [0.15, 0.2) is 0 Å². The number of sulfonamides is 1. The van der Waals surface area contributed by atoms with Crippen molar-refractivity contribution >= 4 is 15.9 Å². The number of rotatable bonds is 5. The number of amides is 1. The Hall–Kier alpha value is -1.51. The maximum Gasteiger partial charge on any atom is 0.243 e. The fraction of sp³-hybridized carbons (Fsp3) is 0.650. The highest BCUT2D eigenvalue weighted by Crippen LogP contribution is 2.21. The van der Waals surface area contributed by atoms with Crippen molar-refractivity contribution in [2.75, 3.05) is 39.3 Å². The van der Waals surface area contributed by atoms with Crippen molar-refractivity contribution in [3.05, 3.63) is 30.1 Å². The lowest BCUT2D eigenvalue weighted by atomic mass is 10.00. The van der Waals surface area contributed by atoms with E-state index in [1.165, 1.54) is 35.0 Å². The van der Waals surface area contributed by atoms with E-state index in [-0.39, 0.29) is 10.8 Å². The molecule has 28 heavy (non-hydrogen) atoms. The zero-order valence-corrected chi connectivity index (χ0v) is 17.3. The van der Waals surface area contributed by atoms with Gasteiger partial charge in [0, 0.05) is 32.2 Å². The van der Waals surface area contributed by atoms with E-state index in [1.54, 1.807) is 0 Å². The molecule has 1 aromatic carbocycles. The second-order valence-electron chi connectivity index (χ2n) is 7.63. The van der Waals surface area contributed by atoms with E-state index in [0.29, 0.717) is 45.2 Å². The highest BCUT2D eigenvalue weighted by atomic mass is 32.2. The minimum Gasteiger partial charge on any atom is -0.339 e. The molecule has 1 aromatic rings. The lowest BCUT2D eigenvalue weighted by molar-refractivity contribution is -0.136. The van der Waals surface area contributed by atoms with Crippen LogP contribution < -0.4 is 0 Å². The molecule has 3 rings (SSSR count). The molecule has 0 radical (unpaired) electrons. The molecule has 1 amide bonds. The molecule has 156 valence electrons. The largest absolute Gasteiger partial charge is 0.339 e. The number of hydrogen-bond acceptors (Lipinski definition) is 4. The average Bonchev–Trinajstić information content (AvgIpc) is 2.94. The summed E-state index contributed by atoms with van der Waals surface area (Å²) < 4.78 is 40.2. The third-order valence-corrected chi connectivity index (χ3v) is 7.69. The summed E-state index contributed by atoms with van der Waals surface area (Å²) in [5, 5.41) is 0. The SMILES string of the molecule is CCC1CCCCN1C(=O)CN1CCCN(S(=O)(=O)c2ccc(F)cc2)CC1. The van der Waals surface area contributed by atoms with E-state index in [1.807, 2.05) is 4.90 Å². The first-order valence-electron chi connectivity index (χ1n) is 10.2. The molecule has 0 N–H and O–H groups in total. The highest BCUT2D eigenvalue weighted by molar-refractivity contribution is 7.89. The van der Waals surface area contributed by atoms with Gasteiger partial charge < -0.3 is 4.90 Å². The normalized spacial score (nSPS) is 22.8. The van der Waals surface area contributed by atoms with Gasteiger partial charge in [-0.05, 0) is 62.9 Å². The molecule has 0 aliphatic carbocycles. The summed E-state index contributed by atoms with van der Waals surface area (Å²) in [6.07, 6.45) is 4.97. The van der Waals surface area contributed by atoms with Gasteiger partial charge in [-0.1, -0.05) is 6.92 Å². The van der Waals surface area contributed by atoms with Crippen LogP contribution in [-0.4, -0.2) is 73.7 Å². The molecule has 0 saturated carbocycles. The predicted molar refractivity (Wildman–Crippen MR) is 106 cm³/mol. The molecule has 8 heteroatoms. The van der Waals surface area contributed by atoms with Gasteiger partial charge in [-0.3, -0.25) is 9.69 Å². The van der Waals surface area contributed by atoms with E-state index in [2.05, 4.69) is 11.8 Å². The Kier molecular flexibility index (Phi) is 7.06. The van der Waals surface area contributed by atoms with Crippen LogP contribution in [-0.2, 0) is 14.8 Å². The summed E-state index contributed by atoms with van der Waals surface area (Å²) in [4.78, 5) is 17.0. The number of carbonyl (C=O) groups excluding carboxylic acids is 1. The van der Waals surface area contributed by atoms with Crippen LogP contribution in [0.15, 0.2) is 29.2 Å². The quantitative estimate of drug-likeness (QED) is 0.746. The van der Waals surface area contributed by atoms with Gasteiger partial charge in [-0.15, -0.1) is 0 Å². The van der Waals surface area contributed by atoms with Crippen molar-refractivity contribution in [2.24, 2.45) is 0 Å². The van der Waals surface area contributed by atoms with Crippen LogP contribution in [0.5, 0.6) is 0 Å². The minimum absolute atomic E-state index is 0.109. The fourth-order valence-corrected chi connectivity index (χ4v) is 5.61. The molecule has 2 saturated heterocycles. The van der Waals surface area contributed by atoms with Gasteiger partial charge in [-0.25, -0.2) is 12.8 Å². The highest BCUT2D eigenvalue weighted by Gasteiger charge is 2.30. The number of halogens is 1. The van der Waals surface area contributed by atoms with E-state index in [4.69, 9.17) is 0 Å². The van der Waals surface area contributed by atoms with Gasteiger partial charge in [0.05, 0.1) is 11.4 Å². The van der Waals surface area contributed by atoms with Crippen molar-refractivity contribution in [2.45, 2.75) is 50.0 Å². The molecule has 0 bridgehead atoms. The first-order chi connectivity index (χ1) is 13.4. The van der Waals surface area contributed by atoms with Crippen LogP contribution in [0.25, 0.3) is 0 Å². The molecule has 1 atom stereocenters. The molecule has 2 fully saturated rings. The van der Waals surface area contributed by atoms with Crippen LogP contribution in [0.2, 0.25) is 0 Å². The van der Waals surface area contributed by atoms with Gasteiger partial charge in [0.1, 0.15) is 5.82 Å². The van der Waals surface area contributed by atoms with E-state index in [0.717, 1.165) is 25.8 Å². The lowest BCUT2D eigenvalue weighted by Crippen LogP contribution is -2.48. The van der Waals surface area contributed by atoms with Crippen LogP contribution in [0.3, 0.4) is 0 Å². The molecular formula is C20H30FN3O3S. The monoisotopic (exact) mass is 411 g/mol. The molecule has 1 unspecified atom stereocenters. The first kappa shape index (κ1) is 21.2. The van der Waals surface area contributed by atoms with Crippen LogP contribution in [0.4, 0.5) is 4.39 Å². The summed E-state index contributed by atoms with van der Waals surface area (Å²) in [7, 11) is -3.64. The van der Waals surface area contributed by atoms with Gasteiger partial charge in [-0.2, -0.15) is 4.31 Å². The smallest absolute Gasteiger partial charge is 0.243 e. The Bertz CT molecular complexity index is 769. The zero-order chi connectivity index (χ0) is 20.1. The van der Waals surface area contributed by atoms with Crippen molar-refractivity contribution in [1.29, 1.82) is 0 Å². The van der Waals surface area contributed by atoms with E-state index < -0.39 is 15.8 Å². The van der Waals surface area contributed by atoms with Crippen LogP contribution in [0.1, 0.15) is 39.0 Å². The number of piperidine rings is 1. The topological polar surface area (TPSA) is 60.9 Å². The third kappa shape index (κ3) is 4.90. The molecule has 0 aromatic heterocycles. The predicted octanol–water partition coefficient (Wildman–Crippen LogP) is 2.31. The average molecular weight is 412 g/mol. The molecule has 2 aliphatic heterocycles. The Morgan fingerprint density at radius 3 is 2.50 bits per heavy atom. The Balaban J connectivity index is 1.60. The Labute approximate surface area is 167 Å². The van der Waals surface area contributed by atoms with Crippen LogP contribution >= 0.6 is 0 Å². The van der Waals surface area contributed by atoms with E-state index in [9.17, 15) is 17.6 Å². The summed E-state index contributed by atoms with van der Waals surface area (Å²) >= 11 is 0. The summed E-state index contributed by atoms with van der Waals surface area (Å²) in [6, 6.07) is 5.27. The molecular weight excluding hydrogens is 381 g/mol. The van der Waals surface area contributed by atoms with Gasteiger partial charge >= 0.3 is 0 Å². The number of likely N-dealkylation sites (tertiary alicyclic amines) is 1. The summed E-state index contributed by atoms with van der Waals surface area (Å²) in [5.74, 6) is -0.302. The lowest BCUT2D eigenvalue weighted by Gasteiger charge is -2.36. The molecule has 0 spiro atoms. The molecule has 6 nitrogen and oxygen atoms in total. The van der Waals surface area contributed by atoms with Crippen molar-refractivity contribution in [3.8, 4) is 0 Å². The Morgan fingerprint density at radius 2 is 1.79 bits per heavy atom. The van der Waals surface area contributed by atoms with Gasteiger partial charge in [0.2, 0.25) is 15.9 Å². The standard InChI is InChI=1S/C20H30FN3O3S/c1-2-18-6-3-4-13-24(18)20(25)16-22-11-5-12-23(15-14-22)28(26,27)19-9-7-17(21)8-10-19/h7-10,18H,2-6,11-16H2,1H3. The fourth-order valence-electron chi connectivity index (χ4n) is 4.14. The van der Waals surface area contributed by atoms with Crippen molar-refractivity contribution < 1.29 is 17.6 Å². The Morgan fingerprint density at radius 1 is 1.04 bits per heavy atom. The first-order valence-corrected chi connectivity index (χ1v) is 11.6. The number of benzene rings is 1.